The SMILES string of the molecule is CCOC(=O)c1cccc(N)c1N(CC(F)(F)F)C(C)C. The molecule has 0 bridgehead atoms. The van der Waals surface area contributed by atoms with Crippen molar-refractivity contribution in [2.75, 3.05) is 23.8 Å². The van der Waals surface area contributed by atoms with Gasteiger partial charge in [-0.3, -0.25) is 0 Å². The van der Waals surface area contributed by atoms with Crippen LogP contribution in [-0.2, 0) is 4.74 Å². The average Bonchev–Trinajstić information content (AvgIpc) is 2.35. The summed E-state index contributed by atoms with van der Waals surface area (Å²) in [5.41, 5.74) is 6.00. The molecular formula is C14H19F3N2O2. The van der Waals surface area contributed by atoms with Crippen LogP contribution in [0.15, 0.2) is 18.2 Å². The fourth-order valence-electron chi connectivity index (χ4n) is 1.97. The van der Waals surface area contributed by atoms with Crippen molar-refractivity contribution in [1.29, 1.82) is 0 Å². The number of nitrogens with two attached hydrogens (primary N) is 1. The highest BCUT2D eigenvalue weighted by Crippen LogP contribution is 2.32. The van der Waals surface area contributed by atoms with E-state index in [1.54, 1.807) is 20.8 Å². The van der Waals surface area contributed by atoms with E-state index in [0.29, 0.717) is 0 Å². The number of benzene rings is 1. The number of carbonyl (C=O) groups is 1. The topological polar surface area (TPSA) is 55.6 Å². The molecule has 2 N–H and O–H groups in total. The first-order valence-electron chi connectivity index (χ1n) is 6.56. The first-order chi connectivity index (χ1) is 9.67. The Hall–Kier alpha value is -1.92. The lowest BCUT2D eigenvalue weighted by molar-refractivity contribution is -0.120. The first-order valence-corrected chi connectivity index (χ1v) is 6.56. The molecule has 0 aliphatic rings. The molecular weight excluding hydrogens is 285 g/mol. The molecule has 0 radical (unpaired) electrons. The fourth-order valence-corrected chi connectivity index (χ4v) is 1.97. The van der Waals surface area contributed by atoms with Crippen molar-refractivity contribution in [2.24, 2.45) is 0 Å². The lowest BCUT2D eigenvalue weighted by atomic mass is 10.1. The lowest BCUT2D eigenvalue weighted by Gasteiger charge is -2.32. The number of carbonyl (C=O) groups excluding carboxylic acids is 1. The molecule has 0 unspecified atom stereocenters. The van der Waals surface area contributed by atoms with E-state index in [-0.39, 0.29) is 23.5 Å². The van der Waals surface area contributed by atoms with E-state index in [2.05, 4.69) is 0 Å². The molecule has 0 atom stereocenters. The number of esters is 1. The molecule has 7 heteroatoms. The van der Waals surface area contributed by atoms with E-state index >= 15 is 0 Å². The van der Waals surface area contributed by atoms with Gasteiger partial charge in [0.1, 0.15) is 6.54 Å². The summed E-state index contributed by atoms with van der Waals surface area (Å²) in [7, 11) is 0. The normalized spacial score (nSPS) is 11.6. The first kappa shape index (κ1) is 17.1. The Kier molecular flexibility index (Phi) is 5.46. The second-order valence-corrected chi connectivity index (χ2v) is 4.80. The monoisotopic (exact) mass is 304 g/mol. The van der Waals surface area contributed by atoms with Crippen molar-refractivity contribution in [1.82, 2.24) is 0 Å². The molecule has 0 aliphatic carbocycles. The molecule has 0 aliphatic heterocycles. The number of anilines is 2. The van der Waals surface area contributed by atoms with Crippen LogP contribution < -0.4 is 10.6 Å². The highest BCUT2D eigenvalue weighted by atomic mass is 19.4. The number of ether oxygens (including phenoxy) is 1. The molecule has 1 rings (SSSR count). The maximum atomic E-state index is 12.8. The van der Waals surface area contributed by atoms with Gasteiger partial charge in [0.05, 0.1) is 23.5 Å². The van der Waals surface area contributed by atoms with Gasteiger partial charge in [0, 0.05) is 6.04 Å². The number of hydrogen-bond donors (Lipinski definition) is 1. The molecule has 118 valence electrons. The van der Waals surface area contributed by atoms with Gasteiger partial charge in [-0.1, -0.05) is 6.07 Å². The van der Waals surface area contributed by atoms with Gasteiger partial charge in [-0.25, -0.2) is 4.79 Å². The van der Waals surface area contributed by atoms with Gasteiger partial charge in [-0.2, -0.15) is 13.2 Å². The Morgan fingerprint density at radius 2 is 2.00 bits per heavy atom. The summed E-state index contributed by atoms with van der Waals surface area (Å²) in [6.07, 6.45) is -4.40. The summed E-state index contributed by atoms with van der Waals surface area (Å²) in [5, 5.41) is 0. The predicted molar refractivity (Wildman–Crippen MR) is 75.3 cm³/mol. The molecule has 21 heavy (non-hydrogen) atoms. The van der Waals surface area contributed by atoms with E-state index in [4.69, 9.17) is 10.5 Å². The van der Waals surface area contributed by atoms with Crippen LogP contribution in [0.2, 0.25) is 0 Å². The molecule has 1 aromatic carbocycles. The van der Waals surface area contributed by atoms with Crippen LogP contribution in [0, 0.1) is 0 Å². The Balaban J connectivity index is 3.33. The Morgan fingerprint density at radius 1 is 1.38 bits per heavy atom. The number of nitrogens with zero attached hydrogens (tertiary/aromatic N) is 1. The summed E-state index contributed by atoms with van der Waals surface area (Å²) in [5.74, 6) is -0.687. The van der Waals surface area contributed by atoms with Crippen LogP contribution in [0.4, 0.5) is 24.5 Å². The minimum Gasteiger partial charge on any atom is -0.462 e. The number of halogens is 3. The van der Waals surface area contributed by atoms with Crippen molar-refractivity contribution in [3.63, 3.8) is 0 Å². The Labute approximate surface area is 121 Å². The number of alkyl halides is 3. The third kappa shape index (κ3) is 4.54. The van der Waals surface area contributed by atoms with Crippen LogP contribution in [0.1, 0.15) is 31.1 Å². The van der Waals surface area contributed by atoms with Gasteiger partial charge in [0.2, 0.25) is 0 Å². The summed E-state index contributed by atoms with van der Waals surface area (Å²) >= 11 is 0. The molecule has 1 aromatic rings. The van der Waals surface area contributed by atoms with Crippen LogP contribution >= 0.6 is 0 Å². The minimum atomic E-state index is -4.40. The third-order valence-corrected chi connectivity index (χ3v) is 2.82. The number of nitrogen functional groups attached to an aromatic ring is 1. The second-order valence-electron chi connectivity index (χ2n) is 4.80. The highest BCUT2D eigenvalue weighted by Gasteiger charge is 2.34. The number of rotatable bonds is 5. The highest BCUT2D eigenvalue weighted by molar-refractivity contribution is 5.99. The van der Waals surface area contributed by atoms with E-state index in [1.165, 1.54) is 18.2 Å². The van der Waals surface area contributed by atoms with Crippen molar-refractivity contribution < 1.29 is 22.7 Å². The zero-order chi connectivity index (χ0) is 16.2. The van der Waals surface area contributed by atoms with Gasteiger partial charge in [0.25, 0.3) is 0 Å². The largest absolute Gasteiger partial charge is 0.462 e. The van der Waals surface area contributed by atoms with Crippen molar-refractivity contribution in [2.45, 2.75) is 33.0 Å². The van der Waals surface area contributed by atoms with E-state index in [0.717, 1.165) is 4.90 Å². The Bertz CT molecular complexity index is 501. The maximum Gasteiger partial charge on any atom is 0.405 e. The van der Waals surface area contributed by atoms with Gasteiger partial charge in [0.15, 0.2) is 0 Å². The summed E-state index contributed by atoms with van der Waals surface area (Å²) in [6.45, 7) is 3.78. The van der Waals surface area contributed by atoms with Crippen molar-refractivity contribution in [3.05, 3.63) is 23.8 Å². The molecule has 0 saturated heterocycles. The Morgan fingerprint density at radius 3 is 2.48 bits per heavy atom. The fraction of sp³-hybridized carbons (Fsp3) is 0.500. The van der Waals surface area contributed by atoms with Gasteiger partial charge in [-0.15, -0.1) is 0 Å². The van der Waals surface area contributed by atoms with Crippen molar-refractivity contribution in [3.8, 4) is 0 Å². The second kappa shape index (κ2) is 6.69. The number of para-hydroxylation sites is 1. The van der Waals surface area contributed by atoms with Gasteiger partial charge in [-0.05, 0) is 32.9 Å². The van der Waals surface area contributed by atoms with Crippen LogP contribution in [0.5, 0.6) is 0 Å². The van der Waals surface area contributed by atoms with Crippen LogP contribution in [0.3, 0.4) is 0 Å². The molecule has 0 spiro atoms. The van der Waals surface area contributed by atoms with Crippen LogP contribution in [0.25, 0.3) is 0 Å². The molecule has 0 aromatic heterocycles. The molecule has 0 amide bonds. The van der Waals surface area contributed by atoms with Gasteiger partial charge < -0.3 is 15.4 Å². The molecule has 0 fully saturated rings. The van der Waals surface area contributed by atoms with E-state index in [9.17, 15) is 18.0 Å². The van der Waals surface area contributed by atoms with Gasteiger partial charge >= 0.3 is 12.1 Å². The zero-order valence-electron chi connectivity index (χ0n) is 12.2. The summed E-state index contributed by atoms with van der Waals surface area (Å²) in [4.78, 5) is 13.0. The average molecular weight is 304 g/mol. The van der Waals surface area contributed by atoms with Crippen LogP contribution in [-0.4, -0.2) is 31.3 Å². The lowest BCUT2D eigenvalue weighted by Crippen LogP contribution is -2.40. The quantitative estimate of drug-likeness (QED) is 0.670. The predicted octanol–water partition coefficient (Wildman–Crippen LogP) is 3.22. The van der Waals surface area contributed by atoms with E-state index in [1.807, 2.05) is 0 Å². The molecule has 0 saturated carbocycles. The number of hydrogen-bond acceptors (Lipinski definition) is 4. The molecule has 0 heterocycles. The summed E-state index contributed by atoms with van der Waals surface area (Å²) < 4.78 is 43.2. The molecule has 4 nitrogen and oxygen atoms in total. The third-order valence-electron chi connectivity index (χ3n) is 2.82. The smallest absolute Gasteiger partial charge is 0.405 e. The maximum absolute atomic E-state index is 12.8. The van der Waals surface area contributed by atoms with Crippen molar-refractivity contribution >= 4 is 17.3 Å². The standard InChI is InChI=1S/C14H19F3N2O2/c1-4-21-13(20)10-6-5-7-11(18)12(10)19(9(2)3)8-14(15,16)17/h5-7,9H,4,8,18H2,1-3H3. The summed E-state index contributed by atoms with van der Waals surface area (Å²) in [6, 6.07) is 3.90. The zero-order valence-corrected chi connectivity index (χ0v) is 12.2. The minimum absolute atomic E-state index is 0.0369. The van der Waals surface area contributed by atoms with E-state index < -0.39 is 24.7 Å².